The number of hydrogen-bond donors (Lipinski definition) is 2. The molecule has 192 valence electrons. The van der Waals surface area contributed by atoms with Crippen molar-refractivity contribution in [2.45, 2.75) is 57.8 Å². The zero-order valence-corrected chi connectivity index (χ0v) is 22.0. The van der Waals surface area contributed by atoms with E-state index in [0.717, 1.165) is 50.0 Å². The van der Waals surface area contributed by atoms with Crippen LogP contribution in [0.25, 0.3) is 0 Å². The Bertz CT molecular complexity index is 1170. The topological polar surface area (TPSA) is 70.5 Å². The van der Waals surface area contributed by atoms with Gasteiger partial charge in [0.2, 0.25) is 0 Å². The van der Waals surface area contributed by atoms with E-state index in [2.05, 4.69) is 62.4 Å². The number of anilines is 2. The van der Waals surface area contributed by atoms with Crippen molar-refractivity contribution in [1.29, 1.82) is 0 Å². The summed E-state index contributed by atoms with van der Waals surface area (Å²) in [6.45, 7) is 4.51. The first-order valence-corrected chi connectivity index (χ1v) is 13.3. The predicted octanol–water partition coefficient (Wildman–Crippen LogP) is 9.10. The Morgan fingerprint density at radius 1 is 0.541 bits per heavy atom. The lowest BCUT2D eigenvalue weighted by atomic mass is 9.68. The van der Waals surface area contributed by atoms with Crippen LogP contribution in [0.3, 0.4) is 0 Å². The summed E-state index contributed by atoms with van der Waals surface area (Å²) in [4.78, 5) is 0. The van der Waals surface area contributed by atoms with Crippen LogP contribution in [0.4, 0.5) is 11.4 Å². The Balaban J connectivity index is 1.65. The maximum Gasteiger partial charge on any atom is 0.150 e. The van der Waals surface area contributed by atoms with Crippen molar-refractivity contribution in [3.05, 3.63) is 108 Å². The Hall–Kier alpha value is -3.92. The zero-order valence-electron chi connectivity index (χ0n) is 22.0. The fourth-order valence-corrected chi connectivity index (χ4v) is 4.91. The van der Waals surface area contributed by atoms with Gasteiger partial charge < -0.3 is 20.9 Å². The van der Waals surface area contributed by atoms with Gasteiger partial charge in [-0.3, -0.25) is 0 Å². The third-order valence-corrected chi connectivity index (χ3v) is 7.02. The van der Waals surface area contributed by atoms with Crippen LogP contribution in [0.15, 0.2) is 97.1 Å². The number of benzene rings is 4. The quantitative estimate of drug-likeness (QED) is 0.193. The summed E-state index contributed by atoms with van der Waals surface area (Å²) >= 11 is 0. The van der Waals surface area contributed by atoms with Gasteiger partial charge in [0.25, 0.3) is 0 Å². The molecule has 0 bridgehead atoms. The molecule has 4 heteroatoms. The van der Waals surface area contributed by atoms with Gasteiger partial charge in [0, 0.05) is 5.41 Å². The smallest absolute Gasteiger partial charge is 0.150 e. The van der Waals surface area contributed by atoms with Gasteiger partial charge in [-0.1, -0.05) is 88.1 Å². The van der Waals surface area contributed by atoms with E-state index in [0.29, 0.717) is 22.9 Å². The number of nitrogen functional groups attached to an aromatic ring is 2. The molecule has 0 spiro atoms. The Morgan fingerprint density at radius 2 is 0.919 bits per heavy atom. The van der Waals surface area contributed by atoms with Gasteiger partial charge in [0.1, 0.15) is 23.0 Å². The first-order chi connectivity index (χ1) is 18.1. The lowest BCUT2D eigenvalue weighted by Gasteiger charge is -2.36. The average molecular weight is 495 g/mol. The molecule has 4 N–H and O–H groups in total. The monoisotopic (exact) mass is 494 g/mol. The van der Waals surface area contributed by atoms with Crippen molar-refractivity contribution in [3.8, 4) is 23.0 Å². The standard InChI is InChI=1S/C33H38N2O2/c1-3-5-23-33(24-6-4-2,25-15-19-27(20-16-25)36-31-13-9-7-11-29(31)34)26-17-21-28(22-18-26)37-32-14-10-8-12-30(32)35/h7-22H,3-6,23-24,34-35H2,1-2H3. The molecule has 0 aliphatic heterocycles. The molecule has 0 saturated heterocycles. The molecular formula is C33H38N2O2. The predicted molar refractivity (Wildman–Crippen MR) is 155 cm³/mol. The van der Waals surface area contributed by atoms with Crippen molar-refractivity contribution in [1.82, 2.24) is 0 Å². The first kappa shape index (κ1) is 26.2. The van der Waals surface area contributed by atoms with Crippen LogP contribution in [0, 0.1) is 0 Å². The SMILES string of the molecule is CCCCC(CCCC)(c1ccc(Oc2ccccc2N)cc1)c1ccc(Oc2ccccc2N)cc1. The molecule has 0 radical (unpaired) electrons. The van der Waals surface area contributed by atoms with Crippen LogP contribution >= 0.6 is 0 Å². The molecule has 0 amide bonds. The molecule has 0 fully saturated rings. The van der Waals surface area contributed by atoms with Gasteiger partial charge in [-0.25, -0.2) is 0 Å². The van der Waals surface area contributed by atoms with Crippen molar-refractivity contribution >= 4 is 11.4 Å². The third kappa shape index (κ3) is 6.26. The van der Waals surface area contributed by atoms with Gasteiger partial charge in [-0.2, -0.15) is 0 Å². The fraction of sp³-hybridized carbons (Fsp3) is 0.273. The van der Waals surface area contributed by atoms with Crippen LogP contribution < -0.4 is 20.9 Å². The number of nitrogens with two attached hydrogens (primary N) is 2. The molecule has 0 heterocycles. The van der Waals surface area contributed by atoms with E-state index in [4.69, 9.17) is 20.9 Å². The molecule has 4 nitrogen and oxygen atoms in total. The molecule has 4 rings (SSSR count). The van der Waals surface area contributed by atoms with Crippen LogP contribution in [-0.4, -0.2) is 0 Å². The molecule has 4 aromatic carbocycles. The average Bonchev–Trinajstić information content (AvgIpc) is 2.93. The molecule has 37 heavy (non-hydrogen) atoms. The number of hydrogen-bond acceptors (Lipinski definition) is 4. The molecule has 0 atom stereocenters. The van der Waals surface area contributed by atoms with Gasteiger partial charge in [-0.15, -0.1) is 0 Å². The Kier molecular flexibility index (Phi) is 8.73. The van der Waals surface area contributed by atoms with E-state index in [1.54, 1.807) is 0 Å². The molecule has 0 aliphatic carbocycles. The largest absolute Gasteiger partial charge is 0.455 e. The van der Waals surface area contributed by atoms with E-state index in [1.807, 2.05) is 48.5 Å². The third-order valence-electron chi connectivity index (χ3n) is 7.02. The number of rotatable bonds is 12. The first-order valence-electron chi connectivity index (χ1n) is 13.3. The maximum absolute atomic E-state index is 6.08. The van der Waals surface area contributed by atoms with Crippen molar-refractivity contribution in [3.63, 3.8) is 0 Å². The summed E-state index contributed by atoms with van der Waals surface area (Å²) in [6.07, 6.45) is 6.78. The summed E-state index contributed by atoms with van der Waals surface area (Å²) < 4.78 is 12.2. The minimum absolute atomic E-state index is 0.0827. The summed E-state index contributed by atoms with van der Waals surface area (Å²) in [5.74, 6) is 2.91. The van der Waals surface area contributed by atoms with Gasteiger partial charge in [0.05, 0.1) is 11.4 Å². The molecule has 0 aliphatic rings. The lowest BCUT2D eigenvalue weighted by molar-refractivity contribution is 0.404. The summed E-state index contributed by atoms with van der Waals surface area (Å²) in [5.41, 5.74) is 16.0. The van der Waals surface area contributed by atoms with Crippen LogP contribution in [0.1, 0.15) is 63.5 Å². The maximum atomic E-state index is 6.08. The molecule has 0 aromatic heterocycles. The Morgan fingerprint density at radius 3 is 1.27 bits per heavy atom. The van der Waals surface area contributed by atoms with E-state index in [9.17, 15) is 0 Å². The summed E-state index contributed by atoms with van der Waals surface area (Å²) in [5, 5.41) is 0. The van der Waals surface area contributed by atoms with Gasteiger partial charge in [0.15, 0.2) is 0 Å². The van der Waals surface area contributed by atoms with Crippen molar-refractivity contribution in [2.75, 3.05) is 11.5 Å². The highest BCUT2D eigenvalue weighted by Crippen LogP contribution is 2.43. The second kappa shape index (κ2) is 12.4. The fourth-order valence-electron chi connectivity index (χ4n) is 4.91. The van der Waals surface area contributed by atoms with Crippen LogP contribution in [0.5, 0.6) is 23.0 Å². The van der Waals surface area contributed by atoms with Crippen LogP contribution in [0.2, 0.25) is 0 Å². The second-order valence-corrected chi connectivity index (χ2v) is 9.62. The minimum atomic E-state index is -0.0827. The van der Waals surface area contributed by atoms with E-state index in [-0.39, 0.29) is 5.41 Å². The highest BCUT2D eigenvalue weighted by atomic mass is 16.5. The zero-order chi connectivity index (χ0) is 26.1. The second-order valence-electron chi connectivity index (χ2n) is 9.62. The van der Waals surface area contributed by atoms with Crippen LogP contribution in [-0.2, 0) is 5.41 Å². The summed E-state index contributed by atoms with van der Waals surface area (Å²) in [6, 6.07) is 32.3. The molecule has 0 unspecified atom stereocenters. The van der Waals surface area contributed by atoms with Crippen molar-refractivity contribution in [2.24, 2.45) is 0 Å². The van der Waals surface area contributed by atoms with Gasteiger partial charge >= 0.3 is 0 Å². The van der Waals surface area contributed by atoms with Gasteiger partial charge in [-0.05, 0) is 72.5 Å². The molecule has 0 saturated carbocycles. The normalized spacial score (nSPS) is 11.3. The lowest BCUT2D eigenvalue weighted by Crippen LogP contribution is -2.28. The highest BCUT2D eigenvalue weighted by molar-refractivity contribution is 5.55. The minimum Gasteiger partial charge on any atom is -0.455 e. The van der Waals surface area contributed by atoms with Crippen molar-refractivity contribution < 1.29 is 9.47 Å². The Labute approximate surface area is 221 Å². The number of ether oxygens (including phenoxy) is 2. The molecule has 4 aromatic rings. The van der Waals surface area contributed by atoms with E-state index >= 15 is 0 Å². The molecular weight excluding hydrogens is 456 g/mol. The summed E-state index contributed by atoms with van der Waals surface area (Å²) in [7, 11) is 0. The number of para-hydroxylation sites is 4. The van der Waals surface area contributed by atoms with E-state index in [1.165, 1.54) is 11.1 Å². The van der Waals surface area contributed by atoms with E-state index < -0.39 is 0 Å². The number of unbranched alkanes of at least 4 members (excludes halogenated alkanes) is 2. The highest BCUT2D eigenvalue weighted by Gasteiger charge is 2.33.